The standard InChI is InChI=1S/C28H33N5O3/c1-2-6-28(32-12-14-36-15-13-32)7-10-33(11-8-28)31-27(35)20-3-4-21-23(17-20)30-24-16-19-5-9-29-18-22(19)26(34)25(21)24/h3-5,9,17-18,30H,2,6-8,10-16H2,1H3,(H,31,35). The first-order valence-electron chi connectivity index (χ1n) is 13.1. The summed E-state index contributed by atoms with van der Waals surface area (Å²) in [4.78, 5) is 36.4. The third-order valence-electron chi connectivity index (χ3n) is 8.24. The molecule has 188 valence electrons. The summed E-state index contributed by atoms with van der Waals surface area (Å²) in [5.41, 5.74) is 7.98. The second kappa shape index (κ2) is 9.42. The van der Waals surface area contributed by atoms with Crippen LogP contribution >= 0.6 is 0 Å². The highest BCUT2D eigenvalue weighted by molar-refractivity contribution is 6.19. The molecule has 3 aromatic rings. The number of nitrogens with zero attached hydrogens (tertiary/aromatic N) is 3. The van der Waals surface area contributed by atoms with Gasteiger partial charge in [0.25, 0.3) is 5.91 Å². The van der Waals surface area contributed by atoms with Crippen molar-refractivity contribution in [3.05, 3.63) is 64.6 Å². The van der Waals surface area contributed by atoms with Gasteiger partial charge in [-0.15, -0.1) is 0 Å². The van der Waals surface area contributed by atoms with E-state index < -0.39 is 0 Å². The van der Waals surface area contributed by atoms with Crippen molar-refractivity contribution in [3.63, 3.8) is 0 Å². The number of morpholine rings is 1. The van der Waals surface area contributed by atoms with E-state index in [4.69, 9.17) is 4.74 Å². The molecule has 8 nitrogen and oxygen atoms in total. The van der Waals surface area contributed by atoms with E-state index in [2.05, 4.69) is 32.2 Å². The van der Waals surface area contributed by atoms with E-state index in [-0.39, 0.29) is 17.2 Å². The van der Waals surface area contributed by atoms with E-state index in [9.17, 15) is 9.59 Å². The largest absolute Gasteiger partial charge is 0.379 e. The lowest BCUT2D eigenvalue weighted by molar-refractivity contribution is -0.0561. The molecule has 2 fully saturated rings. The van der Waals surface area contributed by atoms with Crippen LogP contribution in [0.25, 0.3) is 10.9 Å². The number of amides is 1. The number of ketones is 1. The predicted octanol–water partition coefficient (Wildman–Crippen LogP) is 3.31. The average molecular weight is 488 g/mol. The zero-order valence-corrected chi connectivity index (χ0v) is 20.8. The van der Waals surface area contributed by atoms with Crippen molar-refractivity contribution in [3.8, 4) is 0 Å². The third kappa shape index (κ3) is 4.03. The molecule has 1 aliphatic carbocycles. The Bertz CT molecular complexity index is 1300. The summed E-state index contributed by atoms with van der Waals surface area (Å²) < 4.78 is 5.58. The van der Waals surface area contributed by atoms with Crippen LogP contribution in [0.3, 0.4) is 0 Å². The van der Waals surface area contributed by atoms with Crippen LogP contribution in [0.4, 0.5) is 0 Å². The number of carbonyl (C=O) groups excluding carboxylic acids is 2. The van der Waals surface area contributed by atoms with Gasteiger partial charge in [-0.25, -0.2) is 5.01 Å². The van der Waals surface area contributed by atoms with Gasteiger partial charge in [-0.2, -0.15) is 0 Å². The van der Waals surface area contributed by atoms with Crippen LogP contribution in [0.15, 0.2) is 36.7 Å². The summed E-state index contributed by atoms with van der Waals surface area (Å²) in [6, 6.07) is 7.46. The Morgan fingerprint density at radius 3 is 2.75 bits per heavy atom. The second-order valence-electron chi connectivity index (χ2n) is 10.3. The summed E-state index contributed by atoms with van der Waals surface area (Å²) >= 11 is 0. The zero-order chi connectivity index (χ0) is 24.7. The van der Waals surface area contributed by atoms with Crippen molar-refractivity contribution in [1.82, 2.24) is 25.3 Å². The number of hydrogen-bond donors (Lipinski definition) is 2. The van der Waals surface area contributed by atoms with Crippen molar-refractivity contribution >= 4 is 22.6 Å². The predicted molar refractivity (Wildman–Crippen MR) is 137 cm³/mol. The van der Waals surface area contributed by atoms with Crippen LogP contribution in [0.5, 0.6) is 0 Å². The fourth-order valence-electron chi connectivity index (χ4n) is 6.36. The summed E-state index contributed by atoms with van der Waals surface area (Å²) in [5.74, 6) is -0.121. The maximum absolute atomic E-state index is 13.2. The lowest BCUT2D eigenvalue weighted by atomic mass is 9.82. The first-order chi connectivity index (χ1) is 17.6. The Morgan fingerprint density at radius 1 is 1.17 bits per heavy atom. The van der Waals surface area contributed by atoms with Crippen LogP contribution in [-0.4, -0.2) is 76.5 Å². The molecule has 2 aromatic heterocycles. The molecule has 0 radical (unpaired) electrons. The number of nitrogens with one attached hydrogen (secondary N) is 2. The number of pyridine rings is 1. The smallest absolute Gasteiger partial charge is 0.265 e. The highest BCUT2D eigenvalue weighted by atomic mass is 16.5. The number of hydrazine groups is 1. The first kappa shape index (κ1) is 23.3. The van der Waals surface area contributed by atoms with Crippen LogP contribution in [0.2, 0.25) is 0 Å². The molecule has 2 saturated heterocycles. The maximum Gasteiger partial charge on any atom is 0.265 e. The van der Waals surface area contributed by atoms with Gasteiger partial charge < -0.3 is 9.72 Å². The topological polar surface area (TPSA) is 90.6 Å². The molecule has 2 aliphatic heterocycles. The van der Waals surface area contributed by atoms with Gasteiger partial charge in [-0.1, -0.05) is 19.4 Å². The van der Waals surface area contributed by atoms with E-state index in [1.165, 1.54) is 6.42 Å². The zero-order valence-electron chi connectivity index (χ0n) is 20.8. The minimum atomic E-state index is -0.113. The van der Waals surface area contributed by atoms with Crippen LogP contribution in [-0.2, 0) is 11.2 Å². The van der Waals surface area contributed by atoms with Gasteiger partial charge in [-0.05, 0) is 43.0 Å². The average Bonchev–Trinajstić information content (AvgIpc) is 3.28. The fraction of sp³-hybridized carbons (Fsp3) is 0.464. The molecule has 4 heterocycles. The number of aromatic nitrogens is 2. The highest BCUT2D eigenvalue weighted by Crippen LogP contribution is 2.34. The van der Waals surface area contributed by atoms with Crippen LogP contribution in [0.1, 0.15) is 70.1 Å². The van der Waals surface area contributed by atoms with Gasteiger partial charge in [0.2, 0.25) is 0 Å². The number of benzene rings is 1. The molecular weight excluding hydrogens is 454 g/mol. The molecular formula is C28H33N5O3. The number of H-pyrrole nitrogens is 1. The molecule has 8 heteroatoms. The number of rotatable bonds is 5. The number of carbonyl (C=O) groups is 2. The normalized spacial score (nSPS) is 20.2. The number of fused-ring (bicyclic) bond motifs is 4. The van der Waals surface area contributed by atoms with Crippen molar-refractivity contribution in [1.29, 1.82) is 0 Å². The second-order valence-corrected chi connectivity index (χ2v) is 10.3. The molecule has 6 rings (SSSR count). The summed E-state index contributed by atoms with van der Waals surface area (Å²) in [6.45, 7) is 7.55. The van der Waals surface area contributed by atoms with E-state index in [1.807, 2.05) is 24.3 Å². The molecule has 36 heavy (non-hydrogen) atoms. The molecule has 2 N–H and O–H groups in total. The molecule has 0 unspecified atom stereocenters. The molecule has 0 bridgehead atoms. The van der Waals surface area contributed by atoms with E-state index in [1.54, 1.807) is 12.4 Å². The van der Waals surface area contributed by atoms with E-state index in [0.717, 1.165) is 80.8 Å². The van der Waals surface area contributed by atoms with Crippen molar-refractivity contribution in [2.45, 2.75) is 44.6 Å². The van der Waals surface area contributed by atoms with Crippen molar-refractivity contribution in [2.24, 2.45) is 0 Å². The lowest BCUT2D eigenvalue weighted by Gasteiger charge is -2.50. The Hall–Kier alpha value is -3.07. The summed E-state index contributed by atoms with van der Waals surface area (Å²) in [6.07, 6.45) is 8.45. The molecule has 0 saturated carbocycles. The number of aromatic amines is 1. The SMILES string of the molecule is CCCC1(N2CCOCC2)CCN(NC(=O)c2ccc3c4c([nH]c3c2)Cc2ccncc2C4=O)CC1. The minimum Gasteiger partial charge on any atom is -0.379 e. The molecule has 0 spiro atoms. The monoisotopic (exact) mass is 487 g/mol. The first-order valence-corrected chi connectivity index (χ1v) is 13.1. The molecule has 0 atom stereocenters. The summed E-state index contributed by atoms with van der Waals surface area (Å²) in [7, 11) is 0. The van der Waals surface area contributed by atoms with Gasteiger partial charge in [-0.3, -0.25) is 24.9 Å². The van der Waals surface area contributed by atoms with Crippen molar-refractivity contribution < 1.29 is 14.3 Å². The number of ether oxygens (including phenoxy) is 1. The Kier molecular flexibility index (Phi) is 6.11. The Labute approximate surface area is 211 Å². The third-order valence-corrected chi connectivity index (χ3v) is 8.24. The van der Waals surface area contributed by atoms with Gasteiger partial charge in [0.05, 0.1) is 18.8 Å². The van der Waals surface area contributed by atoms with Gasteiger partial charge in [0.15, 0.2) is 5.78 Å². The number of piperidine rings is 1. The van der Waals surface area contributed by atoms with Crippen LogP contribution < -0.4 is 5.43 Å². The lowest BCUT2D eigenvalue weighted by Crippen LogP contribution is -2.60. The fourth-order valence-corrected chi connectivity index (χ4v) is 6.36. The summed E-state index contributed by atoms with van der Waals surface area (Å²) in [5, 5.41) is 2.92. The van der Waals surface area contributed by atoms with E-state index in [0.29, 0.717) is 23.1 Å². The van der Waals surface area contributed by atoms with Gasteiger partial charge >= 0.3 is 0 Å². The number of hydrogen-bond acceptors (Lipinski definition) is 6. The van der Waals surface area contributed by atoms with Gasteiger partial charge in [0.1, 0.15) is 0 Å². The highest BCUT2D eigenvalue weighted by Gasteiger charge is 2.40. The quantitative estimate of drug-likeness (QED) is 0.449. The maximum atomic E-state index is 13.2. The Morgan fingerprint density at radius 2 is 1.97 bits per heavy atom. The van der Waals surface area contributed by atoms with Gasteiger partial charge in [0, 0.05) is 78.3 Å². The van der Waals surface area contributed by atoms with Crippen molar-refractivity contribution in [2.75, 3.05) is 39.4 Å². The molecule has 1 aromatic carbocycles. The van der Waals surface area contributed by atoms with Crippen LogP contribution in [0, 0.1) is 0 Å². The minimum absolute atomic E-state index is 0.00745. The Balaban J connectivity index is 1.16. The molecule has 3 aliphatic rings. The van der Waals surface area contributed by atoms with E-state index >= 15 is 0 Å². The molecule has 1 amide bonds.